The number of thioether (sulfide) groups is 1. The van der Waals surface area contributed by atoms with Gasteiger partial charge < -0.3 is 0 Å². The van der Waals surface area contributed by atoms with Gasteiger partial charge in [0.05, 0.1) is 32.8 Å². The normalized spacial score (nSPS) is 10.5. The van der Waals surface area contributed by atoms with Crippen molar-refractivity contribution in [2.24, 2.45) is 0 Å². The smallest absolute Gasteiger partial charge is 0.281 e. The van der Waals surface area contributed by atoms with Crippen LogP contribution in [0.25, 0.3) is 16.9 Å². The van der Waals surface area contributed by atoms with E-state index in [1.54, 1.807) is 12.1 Å². The number of hydrogen-bond acceptors (Lipinski definition) is 4. The lowest BCUT2D eigenvalue weighted by Gasteiger charge is -2.04. The van der Waals surface area contributed by atoms with Gasteiger partial charge in [-0.15, -0.1) is 11.8 Å². The van der Waals surface area contributed by atoms with E-state index >= 15 is 0 Å². The van der Waals surface area contributed by atoms with Gasteiger partial charge in [-0.25, -0.2) is 4.68 Å². The highest BCUT2D eigenvalue weighted by Gasteiger charge is 2.20. The highest BCUT2D eigenvalue weighted by molar-refractivity contribution is 8.23. The third kappa shape index (κ3) is 3.64. The Morgan fingerprint density at radius 3 is 2.50 bits per heavy atom. The summed E-state index contributed by atoms with van der Waals surface area (Å²) in [5, 5.41) is 12.2. The Balaban J connectivity index is 2.16. The zero-order chi connectivity index (χ0) is 18.5. The molecule has 0 amide bonds. The molecule has 6 heteroatoms. The average molecular weight is 380 g/mol. The molecule has 0 aliphatic rings. The molecular weight excluding hydrogens is 362 g/mol. The molecule has 0 aliphatic carbocycles. The van der Waals surface area contributed by atoms with Crippen LogP contribution in [0, 0.1) is 11.3 Å². The largest absolute Gasteiger partial charge is 0.290 e. The molecule has 0 unspecified atom stereocenters. The quantitative estimate of drug-likeness (QED) is 0.662. The number of hydrogen-bond donors (Lipinski definition) is 1. The number of para-hydroxylation sites is 1. The van der Waals surface area contributed by atoms with Crippen LogP contribution in [-0.4, -0.2) is 19.7 Å². The van der Waals surface area contributed by atoms with Crippen molar-refractivity contribution in [2.75, 3.05) is 5.75 Å². The van der Waals surface area contributed by atoms with Gasteiger partial charge in [-0.1, -0.05) is 49.5 Å². The first-order valence-corrected chi connectivity index (χ1v) is 9.63. The van der Waals surface area contributed by atoms with E-state index in [1.807, 2.05) is 42.5 Å². The maximum atomic E-state index is 13.1. The SMILES string of the molecule is CCCSC(=S)c1c(-c2ccc(C#N)cc2)[nH]n(-c2ccccc2)c1=O. The second-order valence-electron chi connectivity index (χ2n) is 5.66. The van der Waals surface area contributed by atoms with Crippen LogP contribution < -0.4 is 5.56 Å². The Hall–Kier alpha value is -2.62. The summed E-state index contributed by atoms with van der Waals surface area (Å²) in [6, 6.07) is 18.6. The first kappa shape index (κ1) is 18.2. The molecule has 2 aromatic carbocycles. The van der Waals surface area contributed by atoms with Crippen LogP contribution in [0.1, 0.15) is 24.5 Å². The van der Waals surface area contributed by atoms with E-state index in [9.17, 15) is 4.79 Å². The summed E-state index contributed by atoms with van der Waals surface area (Å²) in [4.78, 5) is 13.1. The first-order valence-electron chi connectivity index (χ1n) is 8.23. The van der Waals surface area contributed by atoms with Crippen molar-refractivity contribution in [2.45, 2.75) is 13.3 Å². The molecule has 3 aromatic rings. The second-order valence-corrected chi connectivity index (χ2v) is 7.43. The second kappa shape index (κ2) is 8.17. The fourth-order valence-corrected chi connectivity index (χ4v) is 3.74. The molecule has 1 aromatic heterocycles. The molecule has 0 saturated heterocycles. The fourth-order valence-electron chi connectivity index (χ4n) is 2.57. The summed E-state index contributed by atoms with van der Waals surface area (Å²) in [6.45, 7) is 2.08. The van der Waals surface area contributed by atoms with Gasteiger partial charge in [0.2, 0.25) is 0 Å². The third-order valence-corrected chi connectivity index (χ3v) is 5.49. The summed E-state index contributed by atoms with van der Waals surface area (Å²) < 4.78 is 2.10. The molecule has 1 N–H and O–H groups in total. The molecule has 0 saturated carbocycles. The standard InChI is InChI=1S/C20H17N3OS2/c1-2-12-26-20(25)17-18(15-10-8-14(13-21)9-11-15)22-23(19(17)24)16-6-4-3-5-7-16/h3-11,22H,2,12H2,1H3. The molecule has 130 valence electrons. The van der Waals surface area contributed by atoms with Crippen LogP contribution in [-0.2, 0) is 0 Å². The lowest BCUT2D eigenvalue weighted by atomic mass is 10.1. The molecule has 3 rings (SSSR count). The van der Waals surface area contributed by atoms with Gasteiger partial charge in [0, 0.05) is 5.56 Å². The minimum absolute atomic E-state index is 0.163. The molecule has 4 nitrogen and oxygen atoms in total. The molecule has 0 radical (unpaired) electrons. The molecular formula is C20H17N3OS2. The lowest BCUT2D eigenvalue weighted by molar-refractivity contribution is 0.852. The highest BCUT2D eigenvalue weighted by Crippen LogP contribution is 2.25. The Kier molecular flexibility index (Phi) is 5.71. The van der Waals surface area contributed by atoms with Gasteiger partial charge in [-0.2, -0.15) is 5.26 Å². The average Bonchev–Trinajstić information content (AvgIpc) is 3.04. The zero-order valence-electron chi connectivity index (χ0n) is 14.2. The van der Waals surface area contributed by atoms with Gasteiger partial charge >= 0.3 is 0 Å². The number of benzene rings is 2. The van der Waals surface area contributed by atoms with Crippen molar-refractivity contribution in [1.82, 2.24) is 9.78 Å². The molecule has 1 heterocycles. The van der Waals surface area contributed by atoms with Crippen molar-refractivity contribution >= 4 is 28.2 Å². The zero-order valence-corrected chi connectivity index (χ0v) is 15.9. The van der Waals surface area contributed by atoms with Crippen molar-refractivity contribution < 1.29 is 0 Å². The van der Waals surface area contributed by atoms with Crippen molar-refractivity contribution in [3.05, 3.63) is 76.1 Å². The predicted octanol–water partition coefficient (Wildman–Crippen LogP) is 4.52. The summed E-state index contributed by atoms with van der Waals surface area (Å²) in [7, 11) is 0. The van der Waals surface area contributed by atoms with Crippen molar-refractivity contribution in [3.8, 4) is 23.0 Å². The van der Waals surface area contributed by atoms with E-state index in [0.717, 1.165) is 23.4 Å². The molecule has 0 fully saturated rings. The van der Waals surface area contributed by atoms with Gasteiger partial charge in [0.15, 0.2) is 0 Å². The van der Waals surface area contributed by atoms with Gasteiger partial charge in [-0.05, 0) is 36.4 Å². The van der Waals surface area contributed by atoms with Gasteiger partial charge in [0.1, 0.15) is 0 Å². The fraction of sp³-hybridized carbons (Fsp3) is 0.150. The number of nitriles is 1. The van der Waals surface area contributed by atoms with Crippen LogP contribution in [0.4, 0.5) is 0 Å². The molecule has 0 bridgehead atoms. The Morgan fingerprint density at radius 1 is 1.19 bits per heavy atom. The first-order chi connectivity index (χ1) is 12.7. The minimum Gasteiger partial charge on any atom is -0.290 e. The number of nitrogens with zero attached hydrogens (tertiary/aromatic N) is 2. The van der Waals surface area contributed by atoms with E-state index in [4.69, 9.17) is 17.5 Å². The number of aromatic nitrogens is 2. The number of H-pyrrole nitrogens is 1. The molecule has 26 heavy (non-hydrogen) atoms. The Labute approximate surface area is 161 Å². The van der Waals surface area contributed by atoms with Crippen molar-refractivity contribution in [1.29, 1.82) is 5.26 Å². The molecule has 0 atom stereocenters. The number of rotatable bonds is 5. The Morgan fingerprint density at radius 2 is 1.88 bits per heavy atom. The lowest BCUT2D eigenvalue weighted by Crippen LogP contribution is -2.19. The number of nitrogens with one attached hydrogen (secondary N) is 1. The van der Waals surface area contributed by atoms with E-state index in [1.165, 1.54) is 16.4 Å². The maximum absolute atomic E-state index is 13.1. The van der Waals surface area contributed by atoms with E-state index in [2.05, 4.69) is 18.1 Å². The van der Waals surface area contributed by atoms with Gasteiger partial charge in [-0.3, -0.25) is 9.89 Å². The summed E-state index contributed by atoms with van der Waals surface area (Å²) in [6.07, 6.45) is 0.980. The summed E-state index contributed by atoms with van der Waals surface area (Å²) in [5.74, 6) is 0.863. The minimum atomic E-state index is -0.163. The Bertz CT molecular complexity index is 1010. The predicted molar refractivity (Wildman–Crippen MR) is 111 cm³/mol. The van der Waals surface area contributed by atoms with E-state index in [-0.39, 0.29) is 5.56 Å². The topological polar surface area (TPSA) is 61.6 Å². The van der Waals surface area contributed by atoms with E-state index < -0.39 is 0 Å². The van der Waals surface area contributed by atoms with Crippen LogP contribution in [0.5, 0.6) is 0 Å². The van der Waals surface area contributed by atoms with Crippen LogP contribution in [0.2, 0.25) is 0 Å². The van der Waals surface area contributed by atoms with Gasteiger partial charge in [0.25, 0.3) is 5.56 Å². The molecule has 0 aliphatic heterocycles. The van der Waals surface area contributed by atoms with Crippen LogP contribution in [0.15, 0.2) is 59.4 Å². The maximum Gasteiger partial charge on any atom is 0.281 e. The number of aromatic amines is 1. The summed E-state index contributed by atoms with van der Waals surface area (Å²) in [5.41, 5.74) is 3.17. The third-order valence-electron chi connectivity index (χ3n) is 3.85. The van der Waals surface area contributed by atoms with E-state index in [0.29, 0.717) is 21.0 Å². The monoisotopic (exact) mass is 379 g/mol. The van der Waals surface area contributed by atoms with Crippen LogP contribution >= 0.6 is 24.0 Å². The summed E-state index contributed by atoms with van der Waals surface area (Å²) >= 11 is 7.06. The number of thiocarbonyl (C=S) groups is 1. The highest BCUT2D eigenvalue weighted by atomic mass is 32.2. The molecule has 0 spiro atoms. The van der Waals surface area contributed by atoms with Crippen LogP contribution in [0.3, 0.4) is 0 Å². The van der Waals surface area contributed by atoms with Crippen molar-refractivity contribution in [3.63, 3.8) is 0 Å².